The zero-order chi connectivity index (χ0) is 13.7. The molecular weight excluding hydrogens is 242 g/mol. The Kier molecular flexibility index (Phi) is 4.60. The van der Waals surface area contributed by atoms with Crippen LogP contribution in [0.15, 0.2) is 47.1 Å². The van der Waals surface area contributed by atoms with E-state index < -0.39 is 0 Å². The van der Waals surface area contributed by atoms with Crippen LogP contribution in [-0.4, -0.2) is 11.1 Å². The van der Waals surface area contributed by atoms with Crippen LogP contribution < -0.4 is 10.5 Å². The molecule has 0 saturated heterocycles. The van der Waals surface area contributed by atoms with Gasteiger partial charge in [-0.2, -0.15) is 0 Å². The number of para-hydroxylation sites is 1. The average molecular weight is 261 g/mol. The monoisotopic (exact) mass is 261 g/mol. The third kappa shape index (κ3) is 3.16. The first-order chi connectivity index (χ1) is 9.26. The smallest absolute Gasteiger partial charge is 0.171 e. The highest BCUT2D eigenvalue weighted by molar-refractivity contribution is 5.33. The van der Waals surface area contributed by atoms with Crippen molar-refractivity contribution < 1.29 is 14.3 Å². The minimum atomic E-state index is -0.354. The number of ether oxygens (including phenoxy) is 1. The molecule has 2 atom stereocenters. The van der Waals surface area contributed by atoms with E-state index in [1.807, 2.05) is 43.3 Å². The minimum Gasteiger partial charge on any atom is -0.480 e. The quantitative estimate of drug-likeness (QED) is 0.838. The Hall–Kier alpha value is -1.78. The van der Waals surface area contributed by atoms with Crippen molar-refractivity contribution in [3.63, 3.8) is 0 Å². The first-order valence-electron chi connectivity index (χ1n) is 6.40. The Morgan fingerprint density at radius 1 is 1.26 bits per heavy atom. The van der Waals surface area contributed by atoms with Crippen LogP contribution in [0, 0.1) is 0 Å². The first kappa shape index (κ1) is 13.6. The maximum absolute atomic E-state index is 9.32. The predicted octanol–water partition coefficient (Wildman–Crippen LogP) is 2.63. The van der Waals surface area contributed by atoms with E-state index in [1.165, 1.54) is 0 Å². The van der Waals surface area contributed by atoms with E-state index in [1.54, 1.807) is 6.26 Å². The molecule has 1 heterocycles. The number of aliphatic hydroxyl groups is 1. The summed E-state index contributed by atoms with van der Waals surface area (Å²) in [5.41, 5.74) is 6.84. The van der Waals surface area contributed by atoms with Gasteiger partial charge in [0.25, 0.3) is 0 Å². The van der Waals surface area contributed by atoms with Crippen LogP contribution in [0.3, 0.4) is 0 Å². The van der Waals surface area contributed by atoms with Gasteiger partial charge in [0.05, 0.1) is 12.9 Å². The summed E-state index contributed by atoms with van der Waals surface area (Å²) < 4.78 is 11.4. The van der Waals surface area contributed by atoms with Crippen molar-refractivity contribution in [3.05, 3.63) is 54.0 Å². The minimum absolute atomic E-state index is 0.0671. The summed E-state index contributed by atoms with van der Waals surface area (Å²) in [5.74, 6) is 1.33. The summed E-state index contributed by atoms with van der Waals surface area (Å²) in [5, 5.41) is 9.32. The number of hydrogen-bond acceptors (Lipinski definition) is 4. The van der Waals surface area contributed by atoms with Gasteiger partial charge in [-0.3, -0.25) is 0 Å². The second kappa shape index (κ2) is 6.41. The Bertz CT molecular complexity index is 496. The van der Waals surface area contributed by atoms with Gasteiger partial charge in [0.1, 0.15) is 11.5 Å². The summed E-state index contributed by atoms with van der Waals surface area (Å²) >= 11 is 0. The topological polar surface area (TPSA) is 68.6 Å². The van der Waals surface area contributed by atoms with Crippen LogP contribution in [-0.2, 0) is 6.61 Å². The van der Waals surface area contributed by atoms with Gasteiger partial charge in [-0.1, -0.05) is 25.1 Å². The third-order valence-corrected chi connectivity index (χ3v) is 3.08. The lowest BCUT2D eigenvalue weighted by Gasteiger charge is -2.23. The van der Waals surface area contributed by atoms with Crippen LogP contribution in [0.2, 0.25) is 0 Å². The largest absolute Gasteiger partial charge is 0.480 e. The lowest BCUT2D eigenvalue weighted by atomic mass is 10.1. The molecule has 0 bridgehead atoms. The lowest BCUT2D eigenvalue weighted by molar-refractivity contribution is 0.140. The summed E-state index contributed by atoms with van der Waals surface area (Å²) in [4.78, 5) is 0. The van der Waals surface area contributed by atoms with Gasteiger partial charge in [0, 0.05) is 11.6 Å². The fourth-order valence-corrected chi connectivity index (χ4v) is 1.91. The summed E-state index contributed by atoms with van der Waals surface area (Å²) in [6.07, 6.45) is 2.02. The molecule has 0 fully saturated rings. The van der Waals surface area contributed by atoms with Gasteiger partial charge in [-0.25, -0.2) is 0 Å². The Morgan fingerprint density at radius 3 is 2.68 bits per heavy atom. The zero-order valence-corrected chi connectivity index (χ0v) is 11.0. The lowest BCUT2D eigenvalue weighted by Crippen LogP contribution is -2.31. The normalized spacial score (nSPS) is 14.1. The molecule has 1 aromatic carbocycles. The molecule has 4 heteroatoms. The van der Waals surface area contributed by atoms with Crippen molar-refractivity contribution in [3.8, 4) is 5.75 Å². The van der Waals surface area contributed by atoms with Crippen LogP contribution in [0.25, 0.3) is 0 Å². The molecule has 1 aromatic heterocycles. The van der Waals surface area contributed by atoms with Crippen molar-refractivity contribution in [2.75, 3.05) is 0 Å². The molecular formula is C15H19NO3. The van der Waals surface area contributed by atoms with Crippen LogP contribution >= 0.6 is 0 Å². The van der Waals surface area contributed by atoms with Gasteiger partial charge in [-0.15, -0.1) is 0 Å². The fourth-order valence-electron chi connectivity index (χ4n) is 1.91. The fraction of sp³-hybridized carbons (Fsp3) is 0.333. The maximum Gasteiger partial charge on any atom is 0.171 e. The Balaban J connectivity index is 2.25. The molecule has 102 valence electrons. The van der Waals surface area contributed by atoms with Gasteiger partial charge in [0.15, 0.2) is 6.10 Å². The second-order valence-corrected chi connectivity index (χ2v) is 4.39. The van der Waals surface area contributed by atoms with Crippen molar-refractivity contribution in [1.82, 2.24) is 0 Å². The predicted molar refractivity (Wildman–Crippen MR) is 72.7 cm³/mol. The maximum atomic E-state index is 9.32. The number of hydrogen-bond donors (Lipinski definition) is 2. The van der Waals surface area contributed by atoms with Gasteiger partial charge < -0.3 is 20.0 Å². The van der Waals surface area contributed by atoms with E-state index in [2.05, 4.69) is 0 Å². The van der Waals surface area contributed by atoms with E-state index in [-0.39, 0.29) is 18.8 Å². The summed E-state index contributed by atoms with van der Waals surface area (Å²) in [6, 6.07) is 10.9. The average Bonchev–Trinajstić information content (AvgIpc) is 2.98. The van der Waals surface area contributed by atoms with E-state index in [9.17, 15) is 5.11 Å². The molecule has 19 heavy (non-hydrogen) atoms. The third-order valence-electron chi connectivity index (χ3n) is 3.08. The standard InChI is InChI=1S/C15H19NO3/c1-2-12(16)15(14-8-5-9-18-14)19-13-7-4-3-6-11(13)10-17/h3-9,12,15,17H,2,10,16H2,1H3. The van der Waals surface area contributed by atoms with Crippen LogP contribution in [0.5, 0.6) is 5.75 Å². The molecule has 0 saturated carbocycles. The molecule has 0 spiro atoms. The summed E-state index contributed by atoms with van der Waals surface area (Å²) in [7, 11) is 0. The van der Waals surface area contributed by atoms with Crippen molar-refractivity contribution in [2.45, 2.75) is 32.1 Å². The van der Waals surface area contributed by atoms with Crippen molar-refractivity contribution in [1.29, 1.82) is 0 Å². The second-order valence-electron chi connectivity index (χ2n) is 4.39. The molecule has 0 radical (unpaired) electrons. The molecule has 2 aromatic rings. The highest BCUT2D eigenvalue weighted by Gasteiger charge is 2.23. The van der Waals surface area contributed by atoms with Crippen LogP contribution in [0.1, 0.15) is 30.8 Å². The molecule has 0 amide bonds. The SMILES string of the molecule is CCC(N)C(Oc1ccccc1CO)c1ccco1. The summed E-state index contributed by atoms with van der Waals surface area (Å²) in [6.45, 7) is 1.93. The molecule has 0 aliphatic rings. The van der Waals surface area contributed by atoms with E-state index >= 15 is 0 Å². The molecule has 4 nitrogen and oxygen atoms in total. The van der Waals surface area contributed by atoms with E-state index in [0.717, 1.165) is 12.0 Å². The molecule has 2 rings (SSSR count). The number of benzene rings is 1. The zero-order valence-electron chi connectivity index (χ0n) is 11.0. The number of nitrogens with two attached hydrogens (primary N) is 1. The van der Waals surface area contributed by atoms with Gasteiger partial charge >= 0.3 is 0 Å². The number of rotatable bonds is 6. The molecule has 0 aliphatic carbocycles. The highest BCUT2D eigenvalue weighted by Crippen LogP contribution is 2.28. The van der Waals surface area contributed by atoms with Gasteiger partial charge in [0.2, 0.25) is 0 Å². The van der Waals surface area contributed by atoms with E-state index in [0.29, 0.717) is 11.5 Å². The molecule has 0 aliphatic heterocycles. The Labute approximate surface area is 112 Å². The molecule has 3 N–H and O–H groups in total. The van der Waals surface area contributed by atoms with E-state index in [4.69, 9.17) is 14.9 Å². The highest BCUT2D eigenvalue weighted by atomic mass is 16.5. The van der Waals surface area contributed by atoms with Gasteiger partial charge in [-0.05, 0) is 24.6 Å². The Morgan fingerprint density at radius 2 is 2.05 bits per heavy atom. The van der Waals surface area contributed by atoms with Crippen molar-refractivity contribution in [2.24, 2.45) is 5.73 Å². The number of aliphatic hydroxyl groups excluding tert-OH is 1. The van der Waals surface area contributed by atoms with Crippen molar-refractivity contribution >= 4 is 0 Å². The first-order valence-corrected chi connectivity index (χ1v) is 6.40. The number of furan rings is 1. The van der Waals surface area contributed by atoms with Crippen LogP contribution in [0.4, 0.5) is 0 Å². The molecule has 2 unspecified atom stereocenters.